The van der Waals surface area contributed by atoms with Crippen LogP contribution in [-0.2, 0) is 0 Å². The van der Waals surface area contributed by atoms with Crippen LogP contribution in [0.4, 0.5) is 4.39 Å². The van der Waals surface area contributed by atoms with Crippen molar-refractivity contribution in [1.82, 2.24) is 9.55 Å². The van der Waals surface area contributed by atoms with Crippen LogP contribution in [-0.4, -0.2) is 9.55 Å². The summed E-state index contributed by atoms with van der Waals surface area (Å²) in [6.45, 7) is 2.06. The lowest BCUT2D eigenvalue weighted by atomic mass is 10.1. The molecule has 108 valence electrons. The van der Waals surface area contributed by atoms with E-state index >= 15 is 0 Å². The molecule has 6 heteroatoms. The van der Waals surface area contributed by atoms with Gasteiger partial charge in [0.05, 0.1) is 20.6 Å². The number of halogens is 3. The quantitative estimate of drug-likeness (QED) is 0.365. The molecule has 3 aromatic rings. The Balaban J connectivity index is 2.22. The molecule has 2 aromatic carbocycles. The lowest BCUT2D eigenvalue weighted by molar-refractivity contribution is 0.616. The molecule has 0 saturated carbocycles. The Kier molecular flexibility index (Phi) is 4.20. The van der Waals surface area contributed by atoms with Crippen molar-refractivity contribution in [2.75, 3.05) is 0 Å². The highest BCUT2D eigenvalue weighted by Gasteiger charge is 2.15. The fraction of sp³-hybridized carbons (Fsp3) is 0.133. The Morgan fingerprint density at radius 3 is 2.81 bits per heavy atom. The Morgan fingerprint density at radius 1 is 1.33 bits per heavy atom. The first-order valence-electron chi connectivity index (χ1n) is 6.32. The standard InChI is InChI=1S/C15H11BrFIN2S/c1-8(9-3-2-4-10(16)5-9)20-14-6-11(17)12(18)7-13(14)19-15(20)21/h2-8H,1H3,(H,19,21). The number of rotatable bonds is 2. The van der Waals surface area contributed by atoms with E-state index in [1.807, 2.05) is 51.4 Å². The Hall–Kier alpha value is -0.730. The third-order valence-electron chi connectivity index (χ3n) is 3.48. The van der Waals surface area contributed by atoms with Crippen LogP contribution < -0.4 is 0 Å². The van der Waals surface area contributed by atoms with Crippen molar-refractivity contribution in [1.29, 1.82) is 0 Å². The number of hydrogen-bond donors (Lipinski definition) is 1. The van der Waals surface area contributed by atoms with Crippen LogP contribution in [0.2, 0.25) is 0 Å². The van der Waals surface area contributed by atoms with E-state index in [-0.39, 0.29) is 11.9 Å². The van der Waals surface area contributed by atoms with Crippen molar-refractivity contribution in [3.05, 3.63) is 60.6 Å². The number of nitrogens with zero attached hydrogens (tertiary/aromatic N) is 1. The molecule has 0 saturated heterocycles. The van der Waals surface area contributed by atoms with Gasteiger partial charge in [-0.05, 0) is 65.5 Å². The molecule has 0 bridgehead atoms. The van der Waals surface area contributed by atoms with Crippen LogP contribution in [0.5, 0.6) is 0 Å². The Morgan fingerprint density at radius 2 is 2.10 bits per heavy atom. The third-order valence-corrected chi connectivity index (χ3v) is 5.10. The van der Waals surface area contributed by atoms with Gasteiger partial charge in [0.25, 0.3) is 0 Å². The molecule has 0 aliphatic carbocycles. The fourth-order valence-electron chi connectivity index (χ4n) is 2.42. The van der Waals surface area contributed by atoms with Crippen molar-refractivity contribution in [2.45, 2.75) is 13.0 Å². The number of fused-ring (bicyclic) bond motifs is 1. The maximum absolute atomic E-state index is 13.9. The number of aromatic nitrogens is 2. The molecule has 0 radical (unpaired) electrons. The first kappa shape index (κ1) is 15.2. The summed E-state index contributed by atoms with van der Waals surface area (Å²) in [7, 11) is 0. The van der Waals surface area contributed by atoms with E-state index in [0.29, 0.717) is 8.34 Å². The Bertz CT molecular complexity index is 887. The van der Waals surface area contributed by atoms with Gasteiger partial charge in [-0.1, -0.05) is 28.1 Å². The van der Waals surface area contributed by atoms with Gasteiger partial charge in [-0.2, -0.15) is 0 Å². The summed E-state index contributed by atoms with van der Waals surface area (Å²) >= 11 is 10.9. The van der Waals surface area contributed by atoms with E-state index in [4.69, 9.17) is 12.2 Å². The fourth-order valence-corrected chi connectivity index (χ4v) is 3.67. The SMILES string of the molecule is CC(c1cccc(Br)c1)n1c(=S)[nH]c2cc(I)c(F)cc21. The summed E-state index contributed by atoms with van der Waals surface area (Å²) in [4.78, 5) is 3.15. The van der Waals surface area contributed by atoms with Gasteiger partial charge in [0.2, 0.25) is 0 Å². The zero-order chi connectivity index (χ0) is 15.1. The van der Waals surface area contributed by atoms with Crippen LogP contribution in [0.15, 0.2) is 40.9 Å². The van der Waals surface area contributed by atoms with Crippen molar-refractivity contribution in [2.24, 2.45) is 0 Å². The topological polar surface area (TPSA) is 20.7 Å². The highest BCUT2D eigenvalue weighted by atomic mass is 127. The third kappa shape index (κ3) is 2.80. The predicted octanol–water partition coefficient (Wildman–Crippen LogP) is 5.81. The average molecular weight is 477 g/mol. The van der Waals surface area contributed by atoms with Gasteiger partial charge in [0.1, 0.15) is 5.82 Å². The molecule has 1 N–H and O–H groups in total. The highest BCUT2D eigenvalue weighted by Crippen LogP contribution is 2.28. The number of aromatic amines is 1. The lowest BCUT2D eigenvalue weighted by Crippen LogP contribution is -2.07. The normalized spacial score (nSPS) is 12.8. The van der Waals surface area contributed by atoms with Gasteiger partial charge in [0, 0.05) is 10.5 Å². The molecule has 21 heavy (non-hydrogen) atoms. The second-order valence-electron chi connectivity index (χ2n) is 4.81. The number of hydrogen-bond acceptors (Lipinski definition) is 1. The highest BCUT2D eigenvalue weighted by molar-refractivity contribution is 14.1. The maximum Gasteiger partial charge on any atom is 0.178 e. The van der Waals surface area contributed by atoms with Gasteiger partial charge in [-0.25, -0.2) is 4.39 Å². The average Bonchev–Trinajstić information content (AvgIpc) is 2.74. The first-order valence-corrected chi connectivity index (χ1v) is 8.60. The van der Waals surface area contributed by atoms with E-state index in [9.17, 15) is 4.39 Å². The second kappa shape index (κ2) is 5.81. The van der Waals surface area contributed by atoms with E-state index < -0.39 is 0 Å². The van der Waals surface area contributed by atoms with Gasteiger partial charge < -0.3 is 9.55 Å². The molecule has 0 amide bonds. The molecule has 3 rings (SSSR count). The number of nitrogens with one attached hydrogen (secondary N) is 1. The van der Waals surface area contributed by atoms with Gasteiger partial charge in [-0.15, -0.1) is 0 Å². The second-order valence-corrected chi connectivity index (χ2v) is 7.28. The van der Waals surface area contributed by atoms with Crippen molar-refractivity contribution < 1.29 is 4.39 Å². The van der Waals surface area contributed by atoms with Crippen LogP contribution in [0.1, 0.15) is 18.5 Å². The largest absolute Gasteiger partial charge is 0.331 e. The van der Waals surface area contributed by atoms with Crippen LogP contribution in [0, 0.1) is 14.2 Å². The Labute approximate surface area is 148 Å². The molecular formula is C15H11BrFIN2S. The summed E-state index contributed by atoms with van der Waals surface area (Å²) in [5.41, 5.74) is 2.75. The smallest absolute Gasteiger partial charge is 0.178 e. The number of H-pyrrole nitrogens is 1. The molecule has 1 aromatic heterocycles. The number of benzene rings is 2. The predicted molar refractivity (Wildman–Crippen MR) is 97.8 cm³/mol. The van der Waals surface area contributed by atoms with E-state index in [0.717, 1.165) is 21.1 Å². The zero-order valence-electron chi connectivity index (χ0n) is 11.0. The minimum Gasteiger partial charge on any atom is -0.331 e. The molecule has 0 aliphatic heterocycles. The molecular weight excluding hydrogens is 466 g/mol. The van der Waals surface area contributed by atoms with Crippen molar-refractivity contribution in [3.8, 4) is 0 Å². The summed E-state index contributed by atoms with van der Waals surface area (Å²) in [6, 6.07) is 11.4. The van der Waals surface area contributed by atoms with Gasteiger partial charge in [0.15, 0.2) is 4.77 Å². The van der Waals surface area contributed by atoms with Gasteiger partial charge >= 0.3 is 0 Å². The molecule has 2 nitrogen and oxygen atoms in total. The molecule has 1 atom stereocenters. The number of imidazole rings is 1. The van der Waals surface area contributed by atoms with Crippen LogP contribution >= 0.6 is 50.7 Å². The van der Waals surface area contributed by atoms with Crippen molar-refractivity contribution >= 4 is 61.8 Å². The summed E-state index contributed by atoms with van der Waals surface area (Å²) in [5.74, 6) is -0.229. The maximum atomic E-state index is 13.9. The van der Waals surface area contributed by atoms with E-state index in [1.54, 1.807) is 6.07 Å². The van der Waals surface area contributed by atoms with Gasteiger partial charge in [-0.3, -0.25) is 0 Å². The van der Waals surface area contributed by atoms with E-state index in [2.05, 4.69) is 27.8 Å². The summed E-state index contributed by atoms with van der Waals surface area (Å²) in [5, 5.41) is 0. The van der Waals surface area contributed by atoms with Crippen LogP contribution in [0.25, 0.3) is 11.0 Å². The minimum absolute atomic E-state index is 0.0169. The lowest BCUT2D eigenvalue weighted by Gasteiger charge is -2.15. The molecule has 0 aliphatic rings. The van der Waals surface area contributed by atoms with E-state index in [1.165, 1.54) is 6.07 Å². The molecule has 0 spiro atoms. The molecule has 1 unspecified atom stereocenters. The summed E-state index contributed by atoms with van der Waals surface area (Å²) in [6.07, 6.45) is 0. The zero-order valence-corrected chi connectivity index (χ0v) is 15.6. The monoisotopic (exact) mass is 476 g/mol. The van der Waals surface area contributed by atoms with Crippen molar-refractivity contribution in [3.63, 3.8) is 0 Å². The summed E-state index contributed by atoms with van der Waals surface area (Å²) < 4.78 is 18.0. The van der Waals surface area contributed by atoms with Crippen LogP contribution in [0.3, 0.4) is 0 Å². The molecule has 0 fully saturated rings. The first-order chi connectivity index (χ1) is 9.97. The molecule has 1 heterocycles. The minimum atomic E-state index is -0.229.